The number of hydrogen-bond acceptors (Lipinski definition) is 2. The highest BCUT2D eigenvalue weighted by Crippen LogP contribution is 2.29. The summed E-state index contributed by atoms with van der Waals surface area (Å²) >= 11 is 5.30. The van der Waals surface area contributed by atoms with Crippen LogP contribution in [0.4, 0.5) is 8.78 Å². The van der Waals surface area contributed by atoms with Gasteiger partial charge >= 0.3 is 0 Å². The molecule has 2 aromatic carbocycles. The minimum absolute atomic E-state index is 0.335. The Balaban J connectivity index is 2.52. The minimum atomic E-state index is -0.537. The molecule has 0 heterocycles. The van der Waals surface area contributed by atoms with Gasteiger partial charge in [0.15, 0.2) is 0 Å². The summed E-state index contributed by atoms with van der Waals surface area (Å²) in [5.41, 5.74) is 3.70. The van der Waals surface area contributed by atoms with E-state index in [1.807, 2.05) is 22.6 Å². The summed E-state index contributed by atoms with van der Waals surface area (Å²) in [7, 11) is 0. The van der Waals surface area contributed by atoms with Crippen LogP contribution in [-0.4, -0.2) is 0 Å². The van der Waals surface area contributed by atoms with Crippen LogP contribution >= 0.6 is 38.5 Å². The lowest BCUT2D eigenvalue weighted by molar-refractivity contribution is 0.557. The van der Waals surface area contributed by atoms with Crippen molar-refractivity contribution < 1.29 is 8.78 Å². The van der Waals surface area contributed by atoms with Gasteiger partial charge in [-0.15, -0.1) is 0 Å². The zero-order chi connectivity index (χ0) is 14.0. The number of nitrogens with two attached hydrogens (primary N) is 1. The number of benzene rings is 2. The largest absolute Gasteiger partial charge is 0.271 e. The molecule has 0 saturated carbocycles. The van der Waals surface area contributed by atoms with E-state index in [0.717, 1.165) is 10.0 Å². The predicted molar refractivity (Wildman–Crippen MR) is 82.4 cm³/mol. The molecule has 0 amide bonds. The molecule has 0 aliphatic heterocycles. The third-order valence-electron chi connectivity index (χ3n) is 2.71. The Bertz CT molecular complexity index is 607. The number of hydrogen-bond donors (Lipinski definition) is 2. The first-order valence-corrected chi connectivity index (χ1v) is 7.26. The third kappa shape index (κ3) is 3.31. The molecule has 1 unspecified atom stereocenters. The normalized spacial score (nSPS) is 12.5. The Morgan fingerprint density at radius 2 is 1.84 bits per heavy atom. The smallest absolute Gasteiger partial charge is 0.128 e. The standard InChI is InChI=1S/C13H10BrF2IN2/c14-7-1-4-11(16)10(5-7)13(19-18)9-3-2-8(15)6-12(9)17/h1-6,13,19H,18H2. The van der Waals surface area contributed by atoms with E-state index in [2.05, 4.69) is 21.4 Å². The van der Waals surface area contributed by atoms with Gasteiger partial charge < -0.3 is 0 Å². The first-order valence-electron chi connectivity index (χ1n) is 5.39. The summed E-state index contributed by atoms with van der Waals surface area (Å²) in [6.45, 7) is 0. The molecule has 2 nitrogen and oxygen atoms in total. The van der Waals surface area contributed by atoms with Gasteiger partial charge in [0.05, 0.1) is 6.04 Å². The fourth-order valence-corrected chi connectivity index (χ4v) is 2.99. The summed E-state index contributed by atoms with van der Waals surface area (Å²) in [6.07, 6.45) is 0. The van der Waals surface area contributed by atoms with E-state index in [0.29, 0.717) is 9.13 Å². The van der Waals surface area contributed by atoms with Crippen molar-refractivity contribution in [3.05, 3.63) is 67.2 Å². The van der Waals surface area contributed by atoms with E-state index in [1.165, 1.54) is 18.2 Å². The lowest BCUT2D eigenvalue weighted by atomic mass is 9.99. The fourth-order valence-electron chi connectivity index (χ4n) is 1.82. The topological polar surface area (TPSA) is 38.0 Å². The van der Waals surface area contributed by atoms with Crippen LogP contribution in [0.2, 0.25) is 0 Å². The van der Waals surface area contributed by atoms with Crippen molar-refractivity contribution >= 4 is 38.5 Å². The average molecular weight is 439 g/mol. The molecule has 2 rings (SSSR count). The van der Waals surface area contributed by atoms with Crippen LogP contribution in [-0.2, 0) is 0 Å². The van der Waals surface area contributed by atoms with Crippen LogP contribution in [0.5, 0.6) is 0 Å². The van der Waals surface area contributed by atoms with Gasteiger partial charge in [-0.05, 0) is 58.5 Å². The van der Waals surface area contributed by atoms with Crippen molar-refractivity contribution in [2.24, 2.45) is 5.84 Å². The maximum atomic E-state index is 13.9. The first kappa shape index (κ1) is 14.8. The quantitative estimate of drug-likeness (QED) is 0.433. The highest BCUT2D eigenvalue weighted by Gasteiger charge is 2.19. The second-order valence-electron chi connectivity index (χ2n) is 3.93. The summed E-state index contributed by atoms with van der Waals surface area (Å²) in [5, 5.41) is 0. The Labute approximate surface area is 131 Å². The van der Waals surface area contributed by atoms with Crippen LogP contribution < -0.4 is 11.3 Å². The van der Waals surface area contributed by atoms with Gasteiger partial charge in [0, 0.05) is 13.6 Å². The predicted octanol–water partition coefficient (Wildman–Crippen LogP) is 3.88. The zero-order valence-electron chi connectivity index (χ0n) is 9.63. The maximum absolute atomic E-state index is 13.9. The second-order valence-corrected chi connectivity index (χ2v) is 6.01. The molecule has 0 spiro atoms. The summed E-state index contributed by atoms with van der Waals surface area (Å²) in [4.78, 5) is 0. The van der Waals surface area contributed by atoms with Gasteiger partial charge in [0.25, 0.3) is 0 Å². The molecule has 0 aliphatic rings. The molecular weight excluding hydrogens is 429 g/mol. The van der Waals surface area contributed by atoms with E-state index in [1.54, 1.807) is 18.2 Å². The number of hydrazine groups is 1. The lowest BCUT2D eigenvalue weighted by Crippen LogP contribution is -2.30. The Morgan fingerprint density at radius 1 is 1.11 bits per heavy atom. The number of nitrogens with one attached hydrogen (secondary N) is 1. The van der Waals surface area contributed by atoms with Gasteiger partial charge in [-0.2, -0.15) is 0 Å². The van der Waals surface area contributed by atoms with Gasteiger partial charge in [0.1, 0.15) is 11.6 Å². The van der Waals surface area contributed by atoms with E-state index in [9.17, 15) is 8.78 Å². The molecular formula is C13H10BrF2IN2. The molecule has 0 aliphatic carbocycles. The van der Waals surface area contributed by atoms with Crippen LogP contribution in [0.1, 0.15) is 17.2 Å². The molecule has 0 radical (unpaired) electrons. The Hall–Kier alpha value is -0.570. The van der Waals surface area contributed by atoms with E-state index in [-0.39, 0.29) is 11.6 Å². The maximum Gasteiger partial charge on any atom is 0.128 e. The van der Waals surface area contributed by atoms with Gasteiger partial charge in [-0.25, -0.2) is 14.2 Å². The van der Waals surface area contributed by atoms with E-state index in [4.69, 9.17) is 5.84 Å². The van der Waals surface area contributed by atoms with E-state index >= 15 is 0 Å². The molecule has 0 fully saturated rings. The van der Waals surface area contributed by atoms with Crippen LogP contribution in [0, 0.1) is 15.2 Å². The van der Waals surface area contributed by atoms with Crippen molar-refractivity contribution in [3.63, 3.8) is 0 Å². The summed E-state index contributed by atoms with van der Waals surface area (Å²) in [5.74, 6) is 4.83. The van der Waals surface area contributed by atoms with Crippen molar-refractivity contribution in [2.45, 2.75) is 6.04 Å². The molecule has 100 valence electrons. The highest BCUT2D eigenvalue weighted by atomic mass is 127. The summed E-state index contributed by atoms with van der Waals surface area (Å²) < 4.78 is 28.5. The monoisotopic (exact) mass is 438 g/mol. The van der Waals surface area contributed by atoms with Crippen molar-refractivity contribution in [3.8, 4) is 0 Å². The minimum Gasteiger partial charge on any atom is -0.271 e. The summed E-state index contributed by atoms with van der Waals surface area (Å²) in [6, 6.07) is 8.40. The Morgan fingerprint density at radius 3 is 2.47 bits per heavy atom. The second kappa shape index (κ2) is 6.25. The van der Waals surface area contributed by atoms with Crippen LogP contribution in [0.25, 0.3) is 0 Å². The molecule has 19 heavy (non-hydrogen) atoms. The van der Waals surface area contributed by atoms with E-state index < -0.39 is 6.04 Å². The third-order valence-corrected chi connectivity index (χ3v) is 4.14. The van der Waals surface area contributed by atoms with Crippen molar-refractivity contribution in [1.82, 2.24) is 5.43 Å². The molecule has 1 atom stereocenters. The van der Waals surface area contributed by atoms with Crippen LogP contribution in [0.3, 0.4) is 0 Å². The molecule has 2 aromatic rings. The zero-order valence-corrected chi connectivity index (χ0v) is 13.4. The van der Waals surface area contributed by atoms with Crippen LogP contribution in [0.15, 0.2) is 40.9 Å². The van der Waals surface area contributed by atoms with Crippen molar-refractivity contribution in [2.75, 3.05) is 0 Å². The molecule has 6 heteroatoms. The number of halogens is 4. The van der Waals surface area contributed by atoms with Crippen molar-refractivity contribution in [1.29, 1.82) is 0 Å². The van der Waals surface area contributed by atoms with Gasteiger partial charge in [0.2, 0.25) is 0 Å². The fraction of sp³-hybridized carbons (Fsp3) is 0.0769. The first-order chi connectivity index (χ1) is 9.02. The Kier molecular flexibility index (Phi) is 4.88. The SMILES string of the molecule is NNC(c1cc(Br)ccc1F)c1ccc(F)cc1I. The van der Waals surface area contributed by atoms with Gasteiger partial charge in [-0.3, -0.25) is 5.84 Å². The molecule has 0 saturated heterocycles. The molecule has 3 N–H and O–H groups in total. The molecule has 0 bridgehead atoms. The average Bonchev–Trinajstić information content (AvgIpc) is 2.36. The molecule has 0 aromatic heterocycles. The lowest BCUT2D eigenvalue weighted by Gasteiger charge is -2.19. The number of rotatable bonds is 3. The highest BCUT2D eigenvalue weighted by molar-refractivity contribution is 14.1. The van der Waals surface area contributed by atoms with Gasteiger partial charge in [-0.1, -0.05) is 22.0 Å².